The molecule has 1 aromatic rings. The Morgan fingerprint density at radius 2 is 2.03 bits per heavy atom. The predicted octanol–water partition coefficient (Wildman–Crippen LogP) is 2.13. The third kappa shape index (κ3) is 8.10. The van der Waals surface area contributed by atoms with E-state index in [-0.39, 0.29) is 24.6 Å². The van der Waals surface area contributed by atoms with E-state index in [1.807, 2.05) is 24.3 Å². The van der Waals surface area contributed by atoms with E-state index in [1.165, 1.54) is 4.90 Å². The van der Waals surface area contributed by atoms with Crippen LogP contribution in [0.25, 0.3) is 0 Å². The van der Waals surface area contributed by atoms with Crippen molar-refractivity contribution in [2.45, 2.75) is 32.2 Å². The van der Waals surface area contributed by atoms with Gasteiger partial charge >= 0.3 is 6.09 Å². The lowest BCUT2D eigenvalue weighted by molar-refractivity contribution is -0.127. The first-order chi connectivity index (χ1) is 14.4. The summed E-state index contributed by atoms with van der Waals surface area (Å²) in [6, 6.07) is 7.91. The Morgan fingerprint density at radius 3 is 2.67 bits per heavy atom. The molecule has 0 radical (unpaired) electrons. The SMILES string of the molecule is CCOC(=O)N1CCC(NC(=NCC(=O)N(C)C)NCCc2cccc(Cl)c2)CC1. The van der Waals surface area contributed by atoms with Gasteiger partial charge in [-0.15, -0.1) is 0 Å². The molecule has 2 amide bonds. The first kappa shape index (κ1) is 23.8. The fourth-order valence-electron chi connectivity index (χ4n) is 3.07. The summed E-state index contributed by atoms with van der Waals surface area (Å²) in [4.78, 5) is 31.5. The monoisotopic (exact) mass is 437 g/mol. The molecule has 1 aliphatic rings. The maximum atomic E-state index is 11.9. The van der Waals surface area contributed by atoms with Gasteiger partial charge < -0.3 is 25.2 Å². The molecule has 30 heavy (non-hydrogen) atoms. The van der Waals surface area contributed by atoms with E-state index in [0.717, 1.165) is 24.8 Å². The largest absolute Gasteiger partial charge is 0.450 e. The Labute approximate surface area is 183 Å². The van der Waals surface area contributed by atoms with Crippen LogP contribution in [-0.2, 0) is 16.0 Å². The minimum absolute atomic E-state index is 0.0666. The molecule has 1 fully saturated rings. The zero-order valence-electron chi connectivity index (χ0n) is 18.0. The molecule has 166 valence electrons. The van der Waals surface area contributed by atoms with Crippen LogP contribution in [-0.4, -0.2) is 80.7 Å². The van der Waals surface area contributed by atoms with Crippen molar-refractivity contribution in [1.82, 2.24) is 20.4 Å². The Bertz CT molecular complexity index is 733. The predicted molar refractivity (Wildman–Crippen MR) is 119 cm³/mol. The summed E-state index contributed by atoms with van der Waals surface area (Å²) >= 11 is 6.05. The van der Waals surface area contributed by atoms with Crippen molar-refractivity contribution in [1.29, 1.82) is 0 Å². The fourth-order valence-corrected chi connectivity index (χ4v) is 3.29. The Balaban J connectivity index is 1.90. The number of carbonyl (C=O) groups excluding carboxylic acids is 2. The molecule has 0 bridgehead atoms. The lowest BCUT2D eigenvalue weighted by Gasteiger charge is -2.32. The van der Waals surface area contributed by atoms with Crippen LogP contribution in [0, 0.1) is 0 Å². The average molecular weight is 438 g/mol. The van der Waals surface area contributed by atoms with Crippen LogP contribution >= 0.6 is 11.6 Å². The summed E-state index contributed by atoms with van der Waals surface area (Å²) in [5.41, 5.74) is 1.13. The van der Waals surface area contributed by atoms with Gasteiger partial charge in [-0.3, -0.25) is 4.79 Å². The van der Waals surface area contributed by atoms with E-state index in [9.17, 15) is 9.59 Å². The van der Waals surface area contributed by atoms with Gasteiger partial charge in [-0.25, -0.2) is 9.79 Å². The summed E-state index contributed by atoms with van der Waals surface area (Å²) in [5.74, 6) is 0.532. The van der Waals surface area contributed by atoms with Crippen molar-refractivity contribution < 1.29 is 14.3 Å². The van der Waals surface area contributed by atoms with Gasteiger partial charge in [0.1, 0.15) is 6.54 Å². The number of hydrogen-bond acceptors (Lipinski definition) is 4. The quantitative estimate of drug-likeness (QED) is 0.504. The number of carbonyl (C=O) groups is 2. The number of hydrogen-bond donors (Lipinski definition) is 2. The van der Waals surface area contributed by atoms with E-state index in [1.54, 1.807) is 25.9 Å². The maximum absolute atomic E-state index is 11.9. The van der Waals surface area contributed by atoms with Crippen LogP contribution < -0.4 is 10.6 Å². The Hall–Kier alpha value is -2.48. The van der Waals surface area contributed by atoms with Crippen LogP contribution in [0.1, 0.15) is 25.3 Å². The van der Waals surface area contributed by atoms with Gasteiger partial charge in [-0.1, -0.05) is 23.7 Å². The molecule has 1 saturated heterocycles. The van der Waals surface area contributed by atoms with Gasteiger partial charge in [0.05, 0.1) is 6.61 Å². The summed E-state index contributed by atoms with van der Waals surface area (Å²) in [7, 11) is 3.42. The summed E-state index contributed by atoms with van der Waals surface area (Å²) < 4.78 is 5.07. The Morgan fingerprint density at radius 1 is 1.30 bits per heavy atom. The number of rotatable bonds is 7. The highest BCUT2D eigenvalue weighted by Gasteiger charge is 2.24. The van der Waals surface area contributed by atoms with Crippen molar-refractivity contribution in [3.63, 3.8) is 0 Å². The highest BCUT2D eigenvalue weighted by atomic mass is 35.5. The van der Waals surface area contributed by atoms with Crippen molar-refractivity contribution >= 4 is 29.6 Å². The average Bonchev–Trinajstić information content (AvgIpc) is 2.72. The number of nitrogens with zero attached hydrogens (tertiary/aromatic N) is 3. The molecule has 1 aromatic carbocycles. The summed E-state index contributed by atoms with van der Waals surface area (Å²) in [6.45, 7) is 4.17. The number of likely N-dealkylation sites (tertiary alicyclic amines) is 1. The van der Waals surface area contributed by atoms with Gasteiger partial charge in [0.15, 0.2) is 5.96 Å². The first-order valence-corrected chi connectivity index (χ1v) is 10.7. The van der Waals surface area contributed by atoms with E-state index < -0.39 is 0 Å². The van der Waals surface area contributed by atoms with E-state index >= 15 is 0 Å². The maximum Gasteiger partial charge on any atom is 0.409 e. The molecule has 0 spiro atoms. The van der Waals surface area contributed by atoms with Crippen LogP contribution in [0.4, 0.5) is 4.79 Å². The second-order valence-corrected chi connectivity index (χ2v) is 7.80. The standard InChI is InChI=1S/C21H32ClN5O3/c1-4-30-21(29)27-12-9-18(10-13-27)25-20(24-15-19(28)26(2)3)23-11-8-16-6-5-7-17(22)14-16/h5-7,14,18H,4,8-13,15H2,1-3H3,(H2,23,24,25). The van der Waals surface area contributed by atoms with Crippen LogP contribution in [0.2, 0.25) is 5.02 Å². The molecule has 0 aromatic heterocycles. The van der Waals surface area contributed by atoms with E-state index in [4.69, 9.17) is 16.3 Å². The number of halogens is 1. The topological polar surface area (TPSA) is 86.3 Å². The third-order valence-electron chi connectivity index (χ3n) is 4.83. The smallest absolute Gasteiger partial charge is 0.409 e. The molecule has 0 aliphatic carbocycles. The zero-order chi connectivity index (χ0) is 21.9. The number of ether oxygens (including phenoxy) is 1. The number of aliphatic imine (C=N–C) groups is 1. The van der Waals surface area contributed by atoms with Crippen LogP contribution in [0.5, 0.6) is 0 Å². The summed E-state index contributed by atoms with van der Waals surface area (Å²) in [6.07, 6.45) is 2.09. The molecule has 0 saturated carbocycles. The number of piperidine rings is 1. The fraction of sp³-hybridized carbons (Fsp3) is 0.571. The Kier molecular flexibility index (Phi) is 9.73. The van der Waals surface area contributed by atoms with Gasteiger partial charge in [-0.2, -0.15) is 0 Å². The van der Waals surface area contributed by atoms with E-state index in [0.29, 0.717) is 37.2 Å². The van der Waals surface area contributed by atoms with Gasteiger partial charge in [0.25, 0.3) is 0 Å². The number of likely N-dealkylation sites (N-methyl/N-ethyl adjacent to an activating group) is 1. The van der Waals surface area contributed by atoms with Crippen molar-refractivity contribution in [3.8, 4) is 0 Å². The molecule has 1 aliphatic heterocycles. The van der Waals surface area contributed by atoms with Gasteiger partial charge in [-0.05, 0) is 43.9 Å². The summed E-state index contributed by atoms with van der Waals surface area (Å²) in [5, 5.41) is 7.42. The lowest BCUT2D eigenvalue weighted by atomic mass is 10.1. The molecule has 2 N–H and O–H groups in total. The zero-order valence-corrected chi connectivity index (χ0v) is 18.7. The minimum atomic E-state index is -0.263. The molecule has 0 atom stereocenters. The second-order valence-electron chi connectivity index (χ2n) is 7.36. The van der Waals surface area contributed by atoms with Crippen molar-refractivity contribution in [2.75, 3.05) is 46.9 Å². The van der Waals surface area contributed by atoms with E-state index in [2.05, 4.69) is 15.6 Å². The lowest BCUT2D eigenvalue weighted by Crippen LogP contribution is -2.50. The number of amides is 2. The highest BCUT2D eigenvalue weighted by Crippen LogP contribution is 2.12. The highest BCUT2D eigenvalue weighted by molar-refractivity contribution is 6.30. The van der Waals surface area contributed by atoms with Crippen LogP contribution in [0.15, 0.2) is 29.3 Å². The number of nitrogens with one attached hydrogen (secondary N) is 2. The number of benzene rings is 1. The molecule has 2 rings (SSSR count). The van der Waals surface area contributed by atoms with Crippen LogP contribution in [0.3, 0.4) is 0 Å². The molecular weight excluding hydrogens is 406 g/mol. The molecular formula is C21H32ClN5O3. The molecule has 8 nitrogen and oxygen atoms in total. The molecule has 9 heteroatoms. The van der Waals surface area contributed by atoms with Gasteiger partial charge in [0, 0.05) is 44.8 Å². The second kappa shape index (κ2) is 12.3. The normalized spacial score (nSPS) is 14.9. The first-order valence-electron chi connectivity index (χ1n) is 10.3. The number of guanidine groups is 1. The van der Waals surface area contributed by atoms with Crippen molar-refractivity contribution in [2.24, 2.45) is 4.99 Å². The molecule has 1 heterocycles. The third-order valence-corrected chi connectivity index (χ3v) is 5.06. The van der Waals surface area contributed by atoms with Crippen molar-refractivity contribution in [3.05, 3.63) is 34.9 Å². The van der Waals surface area contributed by atoms with Gasteiger partial charge in [0.2, 0.25) is 5.91 Å². The molecule has 0 unspecified atom stereocenters. The minimum Gasteiger partial charge on any atom is -0.450 e.